The van der Waals surface area contributed by atoms with Gasteiger partial charge >= 0.3 is 0 Å². The average molecular weight is 277 g/mol. The van der Waals surface area contributed by atoms with Gasteiger partial charge in [0.25, 0.3) is 0 Å². The third-order valence-electron chi connectivity index (χ3n) is 3.56. The Balaban J connectivity index is 2.76. The summed E-state index contributed by atoms with van der Waals surface area (Å²) in [5.41, 5.74) is 2.82. The zero-order chi connectivity index (χ0) is 15.2. The van der Waals surface area contributed by atoms with Crippen LogP contribution in [0.25, 0.3) is 0 Å². The lowest BCUT2D eigenvalue weighted by molar-refractivity contribution is 0.349. The Labute approximate surface area is 124 Å². The van der Waals surface area contributed by atoms with Crippen molar-refractivity contribution >= 4 is 0 Å². The maximum absolute atomic E-state index is 5.50. The van der Waals surface area contributed by atoms with E-state index in [0.29, 0.717) is 5.92 Å². The number of aryl methyl sites for hydroxylation is 1. The van der Waals surface area contributed by atoms with Gasteiger partial charge in [0, 0.05) is 5.54 Å². The first-order valence-electron chi connectivity index (χ1n) is 7.74. The lowest BCUT2D eigenvalue weighted by atomic mass is 9.92. The first-order valence-corrected chi connectivity index (χ1v) is 7.74. The number of hydrogen-bond acceptors (Lipinski definition) is 2. The summed E-state index contributed by atoms with van der Waals surface area (Å²) >= 11 is 0. The molecule has 1 unspecified atom stereocenters. The minimum absolute atomic E-state index is 0.183. The Morgan fingerprint density at radius 1 is 1.25 bits per heavy atom. The second-order valence-electron chi connectivity index (χ2n) is 6.81. The number of nitrogens with one attached hydrogen (secondary N) is 1. The Hall–Kier alpha value is -1.02. The molecule has 2 heteroatoms. The van der Waals surface area contributed by atoms with E-state index in [1.807, 2.05) is 0 Å². The Morgan fingerprint density at radius 2 is 1.95 bits per heavy atom. The second kappa shape index (κ2) is 7.68. The zero-order valence-corrected chi connectivity index (χ0v) is 14.0. The van der Waals surface area contributed by atoms with E-state index in [9.17, 15) is 0 Å². The maximum Gasteiger partial charge on any atom is 0.122 e. The van der Waals surface area contributed by atoms with Crippen LogP contribution in [0, 0.1) is 12.8 Å². The Kier molecular flexibility index (Phi) is 6.54. The minimum atomic E-state index is 0.183. The van der Waals surface area contributed by atoms with Crippen LogP contribution in [0.4, 0.5) is 0 Å². The first kappa shape index (κ1) is 17.0. The van der Waals surface area contributed by atoms with Crippen molar-refractivity contribution in [2.45, 2.75) is 59.4 Å². The highest BCUT2D eigenvalue weighted by atomic mass is 16.5. The summed E-state index contributed by atoms with van der Waals surface area (Å²) in [5.74, 6) is 1.68. The largest absolute Gasteiger partial charge is 0.496 e. The van der Waals surface area contributed by atoms with Gasteiger partial charge in [-0.2, -0.15) is 0 Å². The van der Waals surface area contributed by atoms with Crippen LogP contribution in [0.15, 0.2) is 18.2 Å². The summed E-state index contributed by atoms with van der Waals surface area (Å²) in [6.45, 7) is 12.1. The predicted molar refractivity (Wildman–Crippen MR) is 87.6 cm³/mol. The lowest BCUT2D eigenvalue weighted by Gasteiger charge is -2.25. The molecule has 0 aromatic heterocycles. The molecule has 0 spiro atoms. The van der Waals surface area contributed by atoms with E-state index in [4.69, 9.17) is 4.74 Å². The average Bonchev–Trinajstić information content (AvgIpc) is 2.35. The zero-order valence-electron chi connectivity index (χ0n) is 14.0. The summed E-state index contributed by atoms with van der Waals surface area (Å²) in [5, 5.41) is 3.64. The summed E-state index contributed by atoms with van der Waals surface area (Å²) < 4.78 is 5.50. The molecule has 0 aliphatic rings. The number of rotatable bonds is 7. The summed E-state index contributed by atoms with van der Waals surface area (Å²) in [4.78, 5) is 0. The van der Waals surface area contributed by atoms with Crippen molar-refractivity contribution in [3.05, 3.63) is 29.3 Å². The van der Waals surface area contributed by atoms with Gasteiger partial charge in [-0.05, 0) is 64.6 Å². The standard InChI is InChI=1S/C18H31NO/c1-7-8-15(13-19-18(3,4)5)12-16-11-14(2)9-10-17(16)20-6/h9-11,15,19H,7-8,12-13H2,1-6H3. The van der Waals surface area contributed by atoms with E-state index >= 15 is 0 Å². The number of benzene rings is 1. The van der Waals surface area contributed by atoms with Crippen molar-refractivity contribution in [3.63, 3.8) is 0 Å². The molecule has 1 rings (SSSR count). The fourth-order valence-electron chi connectivity index (χ4n) is 2.51. The van der Waals surface area contributed by atoms with Crippen LogP contribution < -0.4 is 10.1 Å². The number of hydrogen-bond donors (Lipinski definition) is 1. The molecule has 0 aliphatic carbocycles. The molecule has 0 saturated heterocycles. The third kappa shape index (κ3) is 5.96. The van der Waals surface area contributed by atoms with E-state index < -0.39 is 0 Å². The monoisotopic (exact) mass is 277 g/mol. The van der Waals surface area contributed by atoms with E-state index in [1.165, 1.54) is 24.0 Å². The van der Waals surface area contributed by atoms with E-state index in [1.54, 1.807) is 7.11 Å². The fraction of sp³-hybridized carbons (Fsp3) is 0.667. The summed E-state index contributed by atoms with van der Waals surface area (Å²) in [6, 6.07) is 6.47. The molecule has 2 nitrogen and oxygen atoms in total. The van der Waals surface area contributed by atoms with Crippen molar-refractivity contribution in [2.24, 2.45) is 5.92 Å². The molecule has 1 aromatic rings. The molecular formula is C18H31NO. The SMILES string of the molecule is CCCC(CNC(C)(C)C)Cc1cc(C)ccc1OC. The van der Waals surface area contributed by atoms with Crippen LogP contribution in [0.5, 0.6) is 5.75 Å². The van der Waals surface area contributed by atoms with Crippen LogP contribution in [0.3, 0.4) is 0 Å². The van der Waals surface area contributed by atoms with Gasteiger partial charge in [-0.15, -0.1) is 0 Å². The molecule has 0 saturated carbocycles. The molecule has 0 fully saturated rings. The molecule has 20 heavy (non-hydrogen) atoms. The normalized spacial score (nSPS) is 13.3. The van der Waals surface area contributed by atoms with Crippen molar-refractivity contribution in [3.8, 4) is 5.75 Å². The smallest absolute Gasteiger partial charge is 0.122 e. The van der Waals surface area contributed by atoms with Crippen LogP contribution in [-0.2, 0) is 6.42 Å². The van der Waals surface area contributed by atoms with Gasteiger partial charge in [-0.25, -0.2) is 0 Å². The van der Waals surface area contributed by atoms with Gasteiger partial charge in [-0.3, -0.25) is 0 Å². The Morgan fingerprint density at radius 3 is 2.50 bits per heavy atom. The van der Waals surface area contributed by atoms with Crippen LogP contribution >= 0.6 is 0 Å². The van der Waals surface area contributed by atoms with Crippen molar-refractivity contribution in [1.29, 1.82) is 0 Å². The molecule has 0 heterocycles. The van der Waals surface area contributed by atoms with E-state index in [0.717, 1.165) is 18.7 Å². The van der Waals surface area contributed by atoms with E-state index in [2.05, 4.69) is 58.1 Å². The van der Waals surface area contributed by atoms with Crippen LogP contribution in [0.2, 0.25) is 0 Å². The van der Waals surface area contributed by atoms with E-state index in [-0.39, 0.29) is 5.54 Å². The first-order chi connectivity index (χ1) is 9.35. The quantitative estimate of drug-likeness (QED) is 0.800. The summed E-state index contributed by atoms with van der Waals surface area (Å²) in [7, 11) is 1.76. The highest BCUT2D eigenvalue weighted by molar-refractivity contribution is 5.37. The maximum atomic E-state index is 5.50. The minimum Gasteiger partial charge on any atom is -0.496 e. The molecule has 1 aromatic carbocycles. The highest BCUT2D eigenvalue weighted by Gasteiger charge is 2.16. The fourth-order valence-corrected chi connectivity index (χ4v) is 2.51. The van der Waals surface area contributed by atoms with Crippen molar-refractivity contribution in [1.82, 2.24) is 5.32 Å². The predicted octanol–water partition coefficient (Wildman–Crippen LogP) is 4.35. The molecule has 1 N–H and O–H groups in total. The van der Waals surface area contributed by atoms with Gasteiger partial charge < -0.3 is 10.1 Å². The lowest BCUT2D eigenvalue weighted by Crippen LogP contribution is -2.39. The van der Waals surface area contributed by atoms with Gasteiger partial charge in [-0.1, -0.05) is 31.0 Å². The molecule has 1 atom stereocenters. The molecule has 114 valence electrons. The number of methoxy groups -OCH3 is 1. The third-order valence-corrected chi connectivity index (χ3v) is 3.56. The Bertz CT molecular complexity index is 406. The van der Waals surface area contributed by atoms with Gasteiger partial charge in [0.2, 0.25) is 0 Å². The van der Waals surface area contributed by atoms with Crippen molar-refractivity contribution < 1.29 is 4.74 Å². The van der Waals surface area contributed by atoms with Crippen LogP contribution in [-0.4, -0.2) is 19.2 Å². The second-order valence-corrected chi connectivity index (χ2v) is 6.81. The molecular weight excluding hydrogens is 246 g/mol. The molecule has 0 aliphatic heterocycles. The van der Waals surface area contributed by atoms with Gasteiger partial charge in [0.05, 0.1) is 7.11 Å². The van der Waals surface area contributed by atoms with Crippen LogP contribution in [0.1, 0.15) is 51.7 Å². The highest BCUT2D eigenvalue weighted by Crippen LogP contribution is 2.24. The number of ether oxygens (including phenoxy) is 1. The summed E-state index contributed by atoms with van der Waals surface area (Å²) in [6.07, 6.45) is 3.56. The van der Waals surface area contributed by atoms with Crippen molar-refractivity contribution in [2.75, 3.05) is 13.7 Å². The molecule has 0 radical (unpaired) electrons. The van der Waals surface area contributed by atoms with Gasteiger partial charge in [0.15, 0.2) is 0 Å². The molecule has 0 amide bonds. The van der Waals surface area contributed by atoms with Gasteiger partial charge in [0.1, 0.15) is 5.75 Å². The molecule has 0 bridgehead atoms. The topological polar surface area (TPSA) is 21.3 Å².